The highest BCUT2D eigenvalue weighted by Gasteiger charge is 2.67. The lowest BCUT2D eigenvalue weighted by atomic mass is 9.81. The molecule has 1 heterocycles. The summed E-state index contributed by atoms with van der Waals surface area (Å²) in [6.07, 6.45) is 15.7. The molecule has 0 spiro atoms. The number of fused-ring (bicyclic) bond motifs is 1. The second kappa shape index (κ2) is 11.4. The van der Waals surface area contributed by atoms with Crippen LogP contribution in [-0.4, -0.2) is 29.6 Å². The van der Waals surface area contributed by atoms with E-state index in [4.69, 9.17) is 6.58 Å². The zero-order valence-electron chi connectivity index (χ0n) is 24.0. The van der Waals surface area contributed by atoms with Crippen LogP contribution in [0.3, 0.4) is 0 Å². The molecule has 0 aromatic rings. The lowest BCUT2D eigenvalue weighted by Crippen LogP contribution is -2.50. The van der Waals surface area contributed by atoms with Crippen molar-refractivity contribution in [1.82, 2.24) is 15.5 Å². The van der Waals surface area contributed by atoms with Gasteiger partial charge in [-0.25, -0.2) is 0 Å². The van der Waals surface area contributed by atoms with E-state index in [1.54, 1.807) is 0 Å². The summed E-state index contributed by atoms with van der Waals surface area (Å²) in [4.78, 5) is 2.63. The van der Waals surface area contributed by atoms with Gasteiger partial charge in [0.1, 0.15) is 0 Å². The van der Waals surface area contributed by atoms with Gasteiger partial charge in [-0.3, -0.25) is 0 Å². The molecule has 0 aromatic carbocycles. The first kappa shape index (κ1) is 27.4. The predicted octanol–water partition coefficient (Wildman–Crippen LogP) is 7.94. The SMILES string of the molecule is C=C(C)CCC(NC(=C)NC(C(=C)N1C[C@H]2[C@@H](C1C(=C)C)C2(C)C)C1CCCCC1)C1CCCCC1. The smallest absolute Gasteiger partial charge is 0.0920 e. The van der Waals surface area contributed by atoms with Crippen LogP contribution in [-0.2, 0) is 0 Å². The Bertz CT molecular complexity index is 826. The molecule has 3 nitrogen and oxygen atoms in total. The molecular weight excluding hydrogens is 438 g/mol. The minimum atomic E-state index is 0.251. The summed E-state index contributed by atoms with van der Waals surface area (Å²) in [5.74, 6) is 3.86. The molecule has 0 aromatic heterocycles. The molecule has 3 aliphatic carbocycles. The van der Waals surface area contributed by atoms with Crippen LogP contribution in [0, 0.1) is 29.1 Å². The molecule has 5 atom stereocenters. The summed E-state index contributed by atoms with van der Waals surface area (Å²) in [5, 5.41) is 7.83. The van der Waals surface area contributed by atoms with Gasteiger partial charge in [0.2, 0.25) is 0 Å². The van der Waals surface area contributed by atoms with Gasteiger partial charge in [-0.05, 0) is 81.5 Å². The molecule has 1 aliphatic heterocycles. The average molecular weight is 494 g/mol. The van der Waals surface area contributed by atoms with Crippen LogP contribution in [0.2, 0.25) is 0 Å². The third-order valence-corrected chi connectivity index (χ3v) is 10.4. The number of rotatable bonds is 12. The maximum absolute atomic E-state index is 4.77. The lowest BCUT2D eigenvalue weighted by Gasteiger charge is -2.42. The van der Waals surface area contributed by atoms with Crippen molar-refractivity contribution < 1.29 is 0 Å². The Labute approximate surface area is 222 Å². The first-order valence-corrected chi connectivity index (χ1v) is 15.1. The second-order valence-corrected chi connectivity index (χ2v) is 13.5. The van der Waals surface area contributed by atoms with Gasteiger partial charge in [0, 0.05) is 18.3 Å². The fraction of sp³-hybridized carbons (Fsp3) is 0.758. The largest absolute Gasteiger partial charge is 0.369 e. The Morgan fingerprint density at radius 3 is 2.00 bits per heavy atom. The summed E-state index contributed by atoms with van der Waals surface area (Å²) in [5.41, 5.74) is 4.30. The van der Waals surface area contributed by atoms with Gasteiger partial charge >= 0.3 is 0 Å². The zero-order chi connectivity index (χ0) is 26.0. The third-order valence-electron chi connectivity index (χ3n) is 10.4. The van der Waals surface area contributed by atoms with Crippen molar-refractivity contribution in [1.29, 1.82) is 0 Å². The molecule has 3 unspecified atom stereocenters. The third kappa shape index (κ3) is 5.91. The maximum Gasteiger partial charge on any atom is 0.0920 e. The quantitative estimate of drug-likeness (QED) is 0.270. The number of nitrogens with zero attached hydrogens (tertiary/aromatic N) is 1. The van der Waals surface area contributed by atoms with Gasteiger partial charge in [0.25, 0.3) is 0 Å². The van der Waals surface area contributed by atoms with E-state index in [9.17, 15) is 0 Å². The maximum atomic E-state index is 4.77. The van der Waals surface area contributed by atoms with Crippen molar-refractivity contribution in [3.63, 3.8) is 0 Å². The molecule has 202 valence electrons. The summed E-state index contributed by atoms with van der Waals surface area (Å²) >= 11 is 0. The van der Waals surface area contributed by atoms with E-state index in [2.05, 4.69) is 63.0 Å². The van der Waals surface area contributed by atoms with E-state index in [0.717, 1.165) is 43.0 Å². The fourth-order valence-electron chi connectivity index (χ4n) is 8.09. The van der Waals surface area contributed by atoms with Crippen LogP contribution in [0.5, 0.6) is 0 Å². The van der Waals surface area contributed by atoms with Crippen molar-refractivity contribution in [3.8, 4) is 0 Å². The van der Waals surface area contributed by atoms with Gasteiger partial charge in [-0.15, -0.1) is 6.58 Å². The highest BCUT2D eigenvalue weighted by atomic mass is 15.3. The molecule has 4 rings (SSSR count). The van der Waals surface area contributed by atoms with Crippen LogP contribution >= 0.6 is 0 Å². The predicted molar refractivity (Wildman–Crippen MR) is 155 cm³/mol. The number of nitrogens with one attached hydrogen (secondary N) is 2. The summed E-state index contributed by atoms with van der Waals surface area (Å²) in [6.45, 7) is 28.3. The minimum Gasteiger partial charge on any atom is -0.369 e. The van der Waals surface area contributed by atoms with Crippen molar-refractivity contribution in [2.75, 3.05) is 6.54 Å². The Hall–Kier alpha value is -1.64. The monoisotopic (exact) mass is 493 g/mol. The number of piperidine rings is 1. The first-order valence-electron chi connectivity index (χ1n) is 15.1. The number of allylic oxidation sites excluding steroid dienone is 1. The zero-order valence-corrected chi connectivity index (χ0v) is 24.0. The Morgan fingerprint density at radius 2 is 1.44 bits per heavy atom. The standard InChI is InChI=1S/C33H55N3/c1-22(2)19-20-29(26-15-11-9-12-16-26)34-25(6)35-31(27-17-13-10-14-18-27)24(5)36-21-28-30(33(28,7)8)32(36)23(3)4/h26-32,34-35H,1,3,5-6,9-21H2,2,4,7-8H3/t28-,29?,30-,31?,32?/m0/s1. The van der Waals surface area contributed by atoms with Gasteiger partial charge in [0.05, 0.1) is 17.9 Å². The minimum absolute atomic E-state index is 0.251. The Morgan fingerprint density at radius 1 is 0.861 bits per heavy atom. The molecule has 36 heavy (non-hydrogen) atoms. The lowest BCUT2D eigenvalue weighted by molar-refractivity contribution is 0.202. The molecule has 3 heteroatoms. The van der Waals surface area contributed by atoms with Crippen LogP contribution < -0.4 is 10.6 Å². The van der Waals surface area contributed by atoms with Crippen LogP contribution in [0.4, 0.5) is 0 Å². The van der Waals surface area contributed by atoms with Crippen LogP contribution in [0.25, 0.3) is 0 Å². The average Bonchev–Trinajstić information content (AvgIpc) is 3.19. The van der Waals surface area contributed by atoms with Crippen molar-refractivity contribution in [2.45, 2.75) is 123 Å². The molecular formula is C33H55N3. The molecule has 4 aliphatic rings. The van der Waals surface area contributed by atoms with Gasteiger partial charge < -0.3 is 15.5 Å². The Balaban J connectivity index is 1.47. The van der Waals surface area contributed by atoms with E-state index >= 15 is 0 Å². The Kier molecular flexibility index (Phi) is 8.67. The summed E-state index contributed by atoms with van der Waals surface area (Å²) < 4.78 is 0. The summed E-state index contributed by atoms with van der Waals surface area (Å²) in [7, 11) is 0. The van der Waals surface area contributed by atoms with Crippen molar-refractivity contribution >= 4 is 0 Å². The van der Waals surface area contributed by atoms with E-state index < -0.39 is 0 Å². The molecule has 2 N–H and O–H groups in total. The second-order valence-electron chi connectivity index (χ2n) is 13.5. The molecule has 4 fully saturated rings. The molecule has 3 saturated carbocycles. The molecule has 0 radical (unpaired) electrons. The van der Waals surface area contributed by atoms with E-state index in [0.29, 0.717) is 23.4 Å². The highest BCUT2D eigenvalue weighted by Crippen LogP contribution is 2.66. The highest BCUT2D eigenvalue weighted by molar-refractivity contribution is 5.29. The van der Waals surface area contributed by atoms with Gasteiger partial charge in [0.15, 0.2) is 0 Å². The topological polar surface area (TPSA) is 27.3 Å². The number of hydrogen-bond acceptors (Lipinski definition) is 3. The fourth-order valence-corrected chi connectivity index (χ4v) is 8.09. The van der Waals surface area contributed by atoms with Gasteiger partial charge in [-0.1, -0.05) is 83.3 Å². The number of hydrogen-bond donors (Lipinski definition) is 2. The van der Waals surface area contributed by atoms with Crippen LogP contribution in [0.1, 0.15) is 105 Å². The van der Waals surface area contributed by atoms with E-state index in [-0.39, 0.29) is 6.04 Å². The van der Waals surface area contributed by atoms with Gasteiger partial charge in [-0.2, -0.15) is 0 Å². The molecule has 0 amide bonds. The molecule has 1 saturated heterocycles. The number of likely N-dealkylation sites (tertiary alicyclic amines) is 1. The molecule has 0 bridgehead atoms. The van der Waals surface area contributed by atoms with E-state index in [1.165, 1.54) is 81.1 Å². The van der Waals surface area contributed by atoms with Crippen molar-refractivity contribution in [3.05, 3.63) is 49.0 Å². The van der Waals surface area contributed by atoms with Crippen molar-refractivity contribution in [2.24, 2.45) is 29.1 Å². The normalized spacial score (nSPS) is 29.7. The van der Waals surface area contributed by atoms with Crippen LogP contribution in [0.15, 0.2) is 49.0 Å². The first-order chi connectivity index (χ1) is 17.1. The van der Waals surface area contributed by atoms with E-state index in [1.807, 2.05) is 0 Å². The summed E-state index contributed by atoms with van der Waals surface area (Å²) in [6, 6.07) is 1.16.